The summed E-state index contributed by atoms with van der Waals surface area (Å²) in [6.45, 7) is -0.126. The van der Waals surface area contributed by atoms with Crippen LogP contribution in [0.4, 0.5) is 8.78 Å². The standard InChI is InChI=1S/C10H11F2NO3/c1-13-4-7(14)5-3-6(11)10(16-2)8(12)9(5)15/h3,13,15H,4H2,1-2H3. The van der Waals surface area contributed by atoms with Crippen LogP contribution in [0, 0.1) is 11.6 Å². The second-order valence-corrected chi connectivity index (χ2v) is 3.06. The van der Waals surface area contributed by atoms with Crippen molar-refractivity contribution in [1.82, 2.24) is 5.32 Å². The molecular weight excluding hydrogens is 220 g/mol. The van der Waals surface area contributed by atoms with Crippen LogP contribution in [0.2, 0.25) is 0 Å². The van der Waals surface area contributed by atoms with Crippen molar-refractivity contribution in [2.45, 2.75) is 0 Å². The number of aromatic hydroxyl groups is 1. The van der Waals surface area contributed by atoms with Gasteiger partial charge in [-0.05, 0) is 13.1 Å². The highest BCUT2D eigenvalue weighted by atomic mass is 19.1. The minimum Gasteiger partial charge on any atom is -0.504 e. The van der Waals surface area contributed by atoms with Crippen LogP contribution in [0.3, 0.4) is 0 Å². The van der Waals surface area contributed by atoms with Crippen molar-refractivity contribution in [2.24, 2.45) is 0 Å². The Labute approximate surface area is 90.8 Å². The molecule has 4 nitrogen and oxygen atoms in total. The summed E-state index contributed by atoms with van der Waals surface area (Å²) in [6.07, 6.45) is 0. The van der Waals surface area contributed by atoms with Gasteiger partial charge in [0.05, 0.1) is 19.2 Å². The van der Waals surface area contributed by atoms with Gasteiger partial charge < -0.3 is 15.2 Å². The van der Waals surface area contributed by atoms with Gasteiger partial charge in [0.1, 0.15) is 0 Å². The highest BCUT2D eigenvalue weighted by Crippen LogP contribution is 2.32. The number of hydrogen-bond donors (Lipinski definition) is 2. The summed E-state index contributed by atoms with van der Waals surface area (Å²) in [7, 11) is 2.57. The number of carbonyl (C=O) groups is 1. The monoisotopic (exact) mass is 231 g/mol. The van der Waals surface area contributed by atoms with E-state index >= 15 is 0 Å². The van der Waals surface area contributed by atoms with Crippen LogP contribution in [0.5, 0.6) is 11.5 Å². The first kappa shape index (κ1) is 12.4. The van der Waals surface area contributed by atoms with E-state index in [2.05, 4.69) is 10.1 Å². The van der Waals surface area contributed by atoms with E-state index in [1.165, 1.54) is 7.05 Å². The number of phenols is 1. The van der Waals surface area contributed by atoms with Crippen molar-refractivity contribution < 1.29 is 23.4 Å². The maximum atomic E-state index is 13.3. The van der Waals surface area contributed by atoms with Crippen molar-refractivity contribution in [3.8, 4) is 11.5 Å². The molecular formula is C10H11F2NO3. The molecule has 0 heterocycles. The summed E-state index contributed by atoms with van der Waals surface area (Å²) in [5, 5.41) is 11.9. The number of nitrogens with one attached hydrogen (secondary N) is 1. The molecule has 0 spiro atoms. The molecule has 0 fully saturated rings. The molecule has 16 heavy (non-hydrogen) atoms. The van der Waals surface area contributed by atoms with Crippen LogP contribution in [0.15, 0.2) is 6.07 Å². The van der Waals surface area contributed by atoms with Gasteiger partial charge in [-0.25, -0.2) is 4.39 Å². The van der Waals surface area contributed by atoms with Gasteiger partial charge in [0, 0.05) is 0 Å². The number of carbonyl (C=O) groups excluding carboxylic acids is 1. The SMILES string of the molecule is CNCC(=O)c1cc(F)c(OC)c(F)c1O. The van der Waals surface area contributed by atoms with E-state index in [-0.39, 0.29) is 6.54 Å². The lowest BCUT2D eigenvalue weighted by Gasteiger charge is -2.09. The quantitative estimate of drug-likeness (QED) is 0.761. The first-order valence-electron chi connectivity index (χ1n) is 4.45. The molecule has 6 heteroatoms. The number of ketones is 1. The molecule has 1 aromatic rings. The van der Waals surface area contributed by atoms with Crippen LogP contribution in [-0.4, -0.2) is 31.6 Å². The highest BCUT2D eigenvalue weighted by Gasteiger charge is 2.22. The normalized spacial score (nSPS) is 10.2. The number of benzene rings is 1. The molecule has 0 saturated heterocycles. The molecule has 0 atom stereocenters. The largest absolute Gasteiger partial charge is 0.504 e. The number of phenolic OH excluding ortho intramolecular Hbond substituents is 1. The summed E-state index contributed by atoms with van der Waals surface area (Å²) < 4.78 is 31.0. The molecule has 0 bridgehead atoms. The summed E-state index contributed by atoms with van der Waals surface area (Å²) in [5.74, 6) is -4.53. The van der Waals surface area contributed by atoms with Crippen LogP contribution in [-0.2, 0) is 0 Å². The lowest BCUT2D eigenvalue weighted by atomic mass is 10.1. The molecule has 88 valence electrons. The molecule has 2 N–H and O–H groups in total. The molecule has 0 aromatic heterocycles. The fourth-order valence-corrected chi connectivity index (χ4v) is 1.25. The van der Waals surface area contributed by atoms with Crippen molar-refractivity contribution in [2.75, 3.05) is 20.7 Å². The Kier molecular flexibility index (Phi) is 3.78. The fraction of sp³-hybridized carbons (Fsp3) is 0.300. The molecule has 0 saturated carbocycles. The van der Waals surface area contributed by atoms with E-state index in [0.29, 0.717) is 0 Å². The number of halogens is 2. The van der Waals surface area contributed by atoms with E-state index in [4.69, 9.17) is 0 Å². The third-order valence-electron chi connectivity index (χ3n) is 1.99. The molecule has 0 aliphatic carbocycles. The Balaban J connectivity index is 3.28. The van der Waals surface area contributed by atoms with Crippen molar-refractivity contribution in [3.63, 3.8) is 0 Å². The minimum absolute atomic E-state index is 0.126. The van der Waals surface area contributed by atoms with Gasteiger partial charge in [-0.2, -0.15) is 4.39 Å². The molecule has 0 radical (unpaired) electrons. The van der Waals surface area contributed by atoms with Gasteiger partial charge >= 0.3 is 0 Å². The van der Waals surface area contributed by atoms with Gasteiger partial charge in [0.2, 0.25) is 5.82 Å². The van der Waals surface area contributed by atoms with E-state index in [9.17, 15) is 18.7 Å². The van der Waals surface area contributed by atoms with Crippen LogP contribution in [0.1, 0.15) is 10.4 Å². The molecule has 1 rings (SSSR count). The molecule has 0 unspecified atom stereocenters. The summed E-state index contributed by atoms with van der Waals surface area (Å²) in [4.78, 5) is 11.4. The Bertz CT molecular complexity index is 421. The number of hydrogen-bond acceptors (Lipinski definition) is 4. The minimum atomic E-state index is -1.28. The van der Waals surface area contributed by atoms with Gasteiger partial charge in [-0.3, -0.25) is 4.79 Å². The van der Waals surface area contributed by atoms with Crippen LogP contribution < -0.4 is 10.1 Å². The highest BCUT2D eigenvalue weighted by molar-refractivity contribution is 6.00. The number of Topliss-reactive ketones (excluding diaryl/α,β-unsaturated/α-hetero) is 1. The summed E-state index contributed by atoms with van der Waals surface area (Å²) >= 11 is 0. The van der Waals surface area contributed by atoms with E-state index < -0.39 is 34.5 Å². The van der Waals surface area contributed by atoms with Crippen LogP contribution >= 0.6 is 0 Å². The first-order chi connectivity index (χ1) is 7.52. The maximum Gasteiger partial charge on any atom is 0.210 e. The first-order valence-corrected chi connectivity index (χ1v) is 4.45. The Morgan fingerprint density at radius 2 is 2.19 bits per heavy atom. The third-order valence-corrected chi connectivity index (χ3v) is 1.99. The number of methoxy groups -OCH3 is 1. The fourth-order valence-electron chi connectivity index (χ4n) is 1.25. The average molecular weight is 231 g/mol. The molecule has 0 aliphatic rings. The lowest BCUT2D eigenvalue weighted by Crippen LogP contribution is -2.19. The summed E-state index contributed by atoms with van der Waals surface area (Å²) in [5.41, 5.74) is -0.412. The van der Waals surface area contributed by atoms with Crippen molar-refractivity contribution in [1.29, 1.82) is 0 Å². The maximum absolute atomic E-state index is 13.3. The molecule has 0 amide bonds. The lowest BCUT2D eigenvalue weighted by molar-refractivity contribution is 0.0989. The number of likely N-dealkylation sites (N-methyl/N-ethyl adjacent to an activating group) is 1. The number of ether oxygens (including phenoxy) is 1. The predicted octanol–water partition coefficient (Wildman–Crippen LogP) is 1.08. The zero-order valence-electron chi connectivity index (χ0n) is 8.80. The summed E-state index contributed by atoms with van der Waals surface area (Å²) in [6, 6.07) is 0.747. The van der Waals surface area contributed by atoms with E-state index in [1.54, 1.807) is 0 Å². The zero-order valence-corrected chi connectivity index (χ0v) is 8.80. The van der Waals surface area contributed by atoms with Gasteiger partial charge in [-0.15, -0.1) is 0 Å². The van der Waals surface area contributed by atoms with Gasteiger partial charge in [0.25, 0.3) is 0 Å². The second kappa shape index (κ2) is 4.89. The van der Waals surface area contributed by atoms with Crippen LogP contribution in [0.25, 0.3) is 0 Å². The average Bonchev–Trinajstić information content (AvgIpc) is 2.24. The second-order valence-electron chi connectivity index (χ2n) is 3.06. The smallest absolute Gasteiger partial charge is 0.210 e. The number of rotatable bonds is 4. The van der Waals surface area contributed by atoms with Gasteiger partial charge in [0.15, 0.2) is 23.1 Å². The Hall–Kier alpha value is -1.69. The molecule has 0 aliphatic heterocycles. The topological polar surface area (TPSA) is 58.6 Å². The van der Waals surface area contributed by atoms with Gasteiger partial charge in [-0.1, -0.05) is 0 Å². The van der Waals surface area contributed by atoms with E-state index in [0.717, 1.165) is 13.2 Å². The predicted molar refractivity (Wildman–Crippen MR) is 52.8 cm³/mol. The Morgan fingerprint density at radius 1 is 1.56 bits per heavy atom. The molecule has 1 aromatic carbocycles. The van der Waals surface area contributed by atoms with Crippen molar-refractivity contribution in [3.05, 3.63) is 23.3 Å². The zero-order chi connectivity index (χ0) is 12.3. The third kappa shape index (κ3) is 2.11. The van der Waals surface area contributed by atoms with Crippen molar-refractivity contribution >= 4 is 5.78 Å². The Morgan fingerprint density at radius 3 is 2.69 bits per heavy atom. The van der Waals surface area contributed by atoms with E-state index in [1.807, 2.05) is 0 Å².